The Morgan fingerprint density at radius 2 is 1.40 bits per heavy atom. The maximum absolute atomic E-state index is 6.71. The SMILES string of the molecule is c1ccc2c(c1)Oc1cccc3c1B2c1cc(C24CC5CC(CC(C5)C2)C4)cc2c4cc(C56CC7CC8CC(C5)C8(C7)C6)ccc4n-3c12. The van der Waals surface area contributed by atoms with Crippen molar-refractivity contribution in [2.45, 2.75) is 87.9 Å². The third-order valence-electron chi connectivity index (χ3n) is 17.0. The lowest BCUT2D eigenvalue weighted by atomic mass is 9.34. The maximum atomic E-state index is 6.71. The second kappa shape index (κ2) is 7.95. The normalized spacial score (nSPS) is 39.5. The van der Waals surface area contributed by atoms with Crippen LogP contribution in [0.3, 0.4) is 0 Å². The minimum absolute atomic E-state index is 0.211. The van der Waals surface area contributed by atoms with Gasteiger partial charge in [-0.3, -0.25) is 0 Å². The Morgan fingerprint density at radius 3 is 2.27 bits per heavy atom. The second-order valence-electron chi connectivity index (χ2n) is 19.0. The van der Waals surface area contributed by atoms with Gasteiger partial charge in [-0.2, -0.15) is 0 Å². The molecule has 7 bridgehead atoms. The minimum Gasteiger partial charge on any atom is -0.458 e. The maximum Gasteiger partial charge on any atom is 0.256 e. The number of nitrogens with zero attached hydrogens (tertiary/aromatic N) is 1. The van der Waals surface area contributed by atoms with Crippen molar-refractivity contribution in [2.24, 2.45) is 40.9 Å². The van der Waals surface area contributed by atoms with Gasteiger partial charge < -0.3 is 9.30 Å². The molecule has 1 spiro atoms. The molecule has 15 rings (SSSR count). The molecule has 4 aromatic carbocycles. The summed E-state index contributed by atoms with van der Waals surface area (Å²) in [4.78, 5) is 0. The van der Waals surface area contributed by atoms with E-state index < -0.39 is 0 Å². The van der Waals surface area contributed by atoms with E-state index in [1.54, 1.807) is 17.5 Å². The van der Waals surface area contributed by atoms with Crippen molar-refractivity contribution in [3.8, 4) is 17.2 Å². The summed E-state index contributed by atoms with van der Waals surface area (Å²) < 4.78 is 9.37. The van der Waals surface area contributed by atoms with Crippen LogP contribution in [-0.2, 0) is 10.8 Å². The molecule has 0 saturated heterocycles. The van der Waals surface area contributed by atoms with Gasteiger partial charge in [-0.15, -0.1) is 0 Å². The first kappa shape index (κ1) is 25.5. The van der Waals surface area contributed by atoms with Crippen LogP contribution in [0.1, 0.15) is 88.2 Å². The van der Waals surface area contributed by atoms with E-state index in [1.807, 2.05) is 0 Å². The fourth-order valence-corrected chi connectivity index (χ4v) is 16.0. The van der Waals surface area contributed by atoms with Crippen LogP contribution in [-0.4, -0.2) is 11.3 Å². The Labute approximate surface area is 283 Å². The summed E-state index contributed by atoms with van der Waals surface area (Å²) in [6.07, 6.45) is 17.7. The molecule has 0 amide bonds. The molecule has 10 aliphatic rings. The number of rotatable bonds is 2. The molecule has 48 heavy (non-hydrogen) atoms. The highest BCUT2D eigenvalue weighted by atomic mass is 16.5. The number of hydrogen-bond acceptors (Lipinski definition) is 1. The smallest absolute Gasteiger partial charge is 0.256 e. The molecular weight excluding hydrogens is 581 g/mol. The monoisotopic (exact) mass is 623 g/mol. The van der Waals surface area contributed by atoms with E-state index in [-0.39, 0.29) is 6.71 Å². The van der Waals surface area contributed by atoms with Crippen LogP contribution in [0.2, 0.25) is 0 Å². The molecular formula is C45H42BNO. The van der Waals surface area contributed by atoms with Gasteiger partial charge in [-0.25, -0.2) is 0 Å². The highest BCUT2D eigenvalue weighted by Crippen LogP contribution is 2.79. The standard InChI is InChI=1S/C45H42BNO/c1-2-6-39-35(4-1)46-36-17-30(43-18-25-10-26(19-43)12-27(11-25)20-43)16-34-33-15-29(44-21-28-13-31-14-32(23-44)45(31,22-28)24-44)8-9-37(33)47(42(34)36)38-5-3-7-40(48-39)41(38)46/h1-9,15-17,25-28,31-32H,10-14,18-24H2. The van der Waals surface area contributed by atoms with Gasteiger partial charge in [-0.05, 0) is 193 Å². The number of fused-ring (bicyclic) bond motifs is 9. The van der Waals surface area contributed by atoms with E-state index in [0.29, 0.717) is 16.2 Å². The Morgan fingerprint density at radius 1 is 0.604 bits per heavy atom. The van der Waals surface area contributed by atoms with E-state index in [9.17, 15) is 0 Å². The first-order valence-corrected chi connectivity index (χ1v) is 19.6. The highest BCUT2D eigenvalue weighted by molar-refractivity contribution is 6.99. The Kier molecular flexibility index (Phi) is 4.23. The van der Waals surface area contributed by atoms with Gasteiger partial charge in [-0.1, -0.05) is 36.4 Å². The van der Waals surface area contributed by atoms with Gasteiger partial charge in [0.05, 0.1) is 5.52 Å². The van der Waals surface area contributed by atoms with Crippen molar-refractivity contribution >= 4 is 44.9 Å². The molecule has 236 valence electrons. The van der Waals surface area contributed by atoms with Crippen molar-refractivity contribution in [1.29, 1.82) is 0 Å². The van der Waals surface area contributed by atoms with Crippen molar-refractivity contribution in [3.05, 3.63) is 83.9 Å². The average molecular weight is 624 g/mol. The van der Waals surface area contributed by atoms with Gasteiger partial charge in [0.2, 0.25) is 0 Å². The Balaban J connectivity index is 1.07. The summed E-state index contributed by atoms with van der Waals surface area (Å²) in [5.41, 5.74) is 13.2. The van der Waals surface area contributed by atoms with Crippen LogP contribution in [0.15, 0.2) is 72.8 Å². The van der Waals surface area contributed by atoms with Crippen LogP contribution < -0.4 is 21.1 Å². The molecule has 0 N–H and O–H groups in total. The average Bonchev–Trinajstić information content (AvgIpc) is 3.60. The van der Waals surface area contributed by atoms with Gasteiger partial charge in [0.15, 0.2) is 0 Å². The third kappa shape index (κ3) is 2.78. The fraction of sp³-hybridized carbons (Fsp3) is 0.467. The molecule has 8 saturated carbocycles. The van der Waals surface area contributed by atoms with Gasteiger partial charge in [0.25, 0.3) is 6.71 Å². The molecule has 8 aliphatic carbocycles. The van der Waals surface area contributed by atoms with Crippen LogP contribution >= 0.6 is 0 Å². The van der Waals surface area contributed by atoms with E-state index in [0.717, 1.165) is 47.0 Å². The summed E-state index contributed by atoms with van der Waals surface area (Å²) in [6.45, 7) is 0.211. The summed E-state index contributed by atoms with van der Waals surface area (Å²) in [5, 5.41) is 3.05. The predicted octanol–water partition coefficient (Wildman–Crippen LogP) is 8.65. The lowest BCUT2D eigenvalue weighted by molar-refractivity contribution is -0.00509. The summed E-state index contributed by atoms with van der Waals surface area (Å²) >= 11 is 0. The zero-order chi connectivity index (χ0) is 30.7. The van der Waals surface area contributed by atoms with Gasteiger partial charge in [0.1, 0.15) is 11.5 Å². The van der Waals surface area contributed by atoms with Crippen molar-refractivity contribution in [1.82, 2.24) is 4.57 Å². The topological polar surface area (TPSA) is 14.2 Å². The van der Waals surface area contributed by atoms with Crippen LogP contribution in [0.25, 0.3) is 27.5 Å². The molecule has 3 heterocycles. The van der Waals surface area contributed by atoms with Gasteiger partial charge >= 0.3 is 0 Å². The summed E-state index contributed by atoms with van der Waals surface area (Å²) in [6, 6.07) is 29.1. The number of aromatic nitrogens is 1. The molecule has 8 fully saturated rings. The van der Waals surface area contributed by atoms with Crippen LogP contribution in [0, 0.1) is 40.9 Å². The summed E-state index contributed by atoms with van der Waals surface area (Å²) in [5.74, 6) is 7.91. The zero-order valence-electron chi connectivity index (χ0n) is 27.8. The first-order valence-electron chi connectivity index (χ1n) is 19.6. The molecule has 1 aromatic heterocycles. The van der Waals surface area contributed by atoms with E-state index >= 15 is 0 Å². The zero-order valence-corrected chi connectivity index (χ0v) is 27.8. The van der Waals surface area contributed by atoms with Crippen molar-refractivity contribution < 1.29 is 4.74 Å². The number of ether oxygens (including phenoxy) is 1. The van der Waals surface area contributed by atoms with Crippen LogP contribution in [0.4, 0.5) is 0 Å². The fourth-order valence-electron chi connectivity index (χ4n) is 16.0. The van der Waals surface area contributed by atoms with Crippen LogP contribution in [0.5, 0.6) is 11.5 Å². The number of benzene rings is 4. The predicted molar refractivity (Wildman–Crippen MR) is 194 cm³/mol. The number of para-hydroxylation sites is 1. The molecule has 5 atom stereocenters. The van der Waals surface area contributed by atoms with Crippen molar-refractivity contribution in [3.63, 3.8) is 0 Å². The Bertz CT molecular complexity index is 2290. The largest absolute Gasteiger partial charge is 0.458 e. The highest BCUT2D eigenvalue weighted by Gasteiger charge is 2.71. The third-order valence-corrected chi connectivity index (χ3v) is 17.0. The molecule has 2 nitrogen and oxygen atoms in total. The lowest BCUT2D eigenvalue weighted by Gasteiger charge is -2.57. The number of hydrogen-bond donors (Lipinski definition) is 0. The lowest BCUT2D eigenvalue weighted by Crippen LogP contribution is -2.58. The van der Waals surface area contributed by atoms with E-state index in [4.69, 9.17) is 4.74 Å². The van der Waals surface area contributed by atoms with Crippen molar-refractivity contribution in [2.75, 3.05) is 0 Å². The summed E-state index contributed by atoms with van der Waals surface area (Å²) in [7, 11) is 0. The first-order chi connectivity index (χ1) is 23.6. The molecule has 5 aromatic rings. The molecule has 5 unspecified atom stereocenters. The van der Waals surface area contributed by atoms with E-state index in [1.165, 1.54) is 115 Å². The molecule has 3 heteroatoms. The Hall–Kier alpha value is -3.46. The molecule has 0 radical (unpaired) electrons. The second-order valence-corrected chi connectivity index (χ2v) is 19.0. The van der Waals surface area contributed by atoms with E-state index in [2.05, 4.69) is 77.4 Å². The minimum atomic E-state index is 0.211. The van der Waals surface area contributed by atoms with Gasteiger partial charge in [0, 0.05) is 22.0 Å². The molecule has 2 aliphatic heterocycles. The quantitative estimate of drug-likeness (QED) is 0.176.